The highest BCUT2D eigenvalue weighted by atomic mass is 32.1. The van der Waals surface area contributed by atoms with E-state index in [1.165, 1.54) is 4.88 Å². The number of rotatable bonds is 2. The molecule has 0 bridgehead atoms. The minimum Gasteiger partial charge on any atom is -0.381 e. The van der Waals surface area contributed by atoms with Crippen LogP contribution in [0.4, 0.5) is 0 Å². The molecule has 0 fully saturated rings. The highest BCUT2D eigenvalue weighted by Crippen LogP contribution is 2.27. The zero-order chi connectivity index (χ0) is 12.5. The summed E-state index contributed by atoms with van der Waals surface area (Å²) in [6, 6.07) is 11.6. The predicted molar refractivity (Wildman–Crippen MR) is 72.7 cm³/mol. The smallest absolute Gasteiger partial charge is 0.132 e. The van der Waals surface area contributed by atoms with Crippen LogP contribution in [0.5, 0.6) is 0 Å². The Bertz CT molecular complexity index is 693. The van der Waals surface area contributed by atoms with Gasteiger partial charge in [-0.1, -0.05) is 12.1 Å². The first-order valence-corrected chi connectivity index (χ1v) is 6.52. The van der Waals surface area contributed by atoms with Gasteiger partial charge in [-0.3, -0.25) is 4.98 Å². The summed E-state index contributed by atoms with van der Waals surface area (Å²) in [5.74, 6) is 0. The number of hydrogen-bond donors (Lipinski definition) is 1. The molecular weight excluding hydrogens is 244 g/mol. The van der Waals surface area contributed by atoms with Gasteiger partial charge in [0.2, 0.25) is 0 Å². The molecule has 0 aliphatic carbocycles. The molecule has 0 amide bonds. The summed E-state index contributed by atoms with van der Waals surface area (Å²) in [6.07, 6.45) is 0.947. The molecule has 1 N–H and O–H groups in total. The standard InChI is InChI=1S/C14H12N2OS/c1-9-6-7-13(18-9)14(17)12-8-15-10-4-2-3-5-11(10)16-12/h2-8,14,17H,1H3. The summed E-state index contributed by atoms with van der Waals surface area (Å²) in [4.78, 5) is 10.9. The number of aliphatic hydroxyl groups excluding tert-OH is 1. The van der Waals surface area contributed by atoms with E-state index in [4.69, 9.17) is 0 Å². The minimum absolute atomic E-state index is 0.593. The van der Waals surface area contributed by atoms with E-state index < -0.39 is 6.10 Å². The van der Waals surface area contributed by atoms with E-state index in [1.54, 1.807) is 17.5 Å². The van der Waals surface area contributed by atoms with Gasteiger partial charge in [0.25, 0.3) is 0 Å². The number of para-hydroxylation sites is 2. The lowest BCUT2D eigenvalue weighted by molar-refractivity contribution is 0.219. The molecular formula is C14H12N2OS. The maximum absolute atomic E-state index is 10.3. The van der Waals surface area contributed by atoms with Crippen molar-refractivity contribution in [1.29, 1.82) is 0 Å². The summed E-state index contributed by atoms with van der Waals surface area (Å²) < 4.78 is 0. The number of aromatic nitrogens is 2. The average molecular weight is 256 g/mol. The molecule has 1 atom stereocenters. The third-order valence-electron chi connectivity index (χ3n) is 2.78. The van der Waals surface area contributed by atoms with Crippen molar-refractivity contribution in [2.24, 2.45) is 0 Å². The Hall–Kier alpha value is -1.78. The quantitative estimate of drug-likeness (QED) is 0.766. The summed E-state index contributed by atoms with van der Waals surface area (Å²) in [5.41, 5.74) is 2.24. The van der Waals surface area contributed by atoms with Crippen molar-refractivity contribution in [2.75, 3.05) is 0 Å². The van der Waals surface area contributed by atoms with E-state index >= 15 is 0 Å². The summed E-state index contributed by atoms with van der Waals surface area (Å²) in [6.45, 7) is 2.02. The van der Waals surface area contributed by atoms with Crippen LogP contribution < -0.4 is 0 Å². The van der Waals surface area contributed by atoms with Gasteiger partial charge in [0.05, 0.1) is 22.9 Å². The van der Waals surface area contributed by atoms with Gasteiger partial charge >= 0.3 is 0 Å². The Kier molecular flexibility index (Phi) is 2.81. The second-order valence-electron chi connectivity index (χ2n) is 4.13. The molecule has 0 aliphatic heterocycles. The monoisotopic (exact) mass is 256 g/mol. The van der Waals surface area contributed by atoms with Gasteiger partial charge in [-0.25, -0.2) is 4.98 Å². The van der Waals surface area contributed by atoms with Gasteiger partial charge in [0.15, 0.2) is 0 Å². The maximum Gasteiger partial charge on any atom is 0.132 e. The summed E-state index contributed by atoms with van der Waals surface area (Å²) in [7, 11) is 0. The minimum atomic E-state index is -0.694. The summed E-state index contributed by atoms with van der Waals surface area (Å²) >= 11 is 1.58. The molecule has 1 aromatic carbocycles. The molecule has 90 valence electrons. The van der Waals surface area contributed by atoms with Gasteiger partial charge in [-0.2, -0.15) is 0 Å². The zero-order valence-corrected chi connectivity index (χ0v) is 10.7. The van der Waals surface area contributed by atoms with E-state index in [0.717, 1.165) is 15.9 Å². The Morgan fingerprint density at radius 2 is 1.89 bits per heavy atom. The van der Waals surface area contributed by atoms with Crippen LogP contribution in [-0.4, -0.2) is 15.1 Å². The molecule has 3 aromatic rings. The molecule has 0 spiro atoms. The van der Waals surface area contributed by atoms with Crippen LogP contribution in [0.1, 0.15) is 21.6 Å². The van der Waals surface area contributed by atoms with Crippen LogP contribution in [0, 0.1) is 6.92 Å². The Morgan fingerprint density at radius 1 is 1.11 bits per heavy atom. The highest BCUT2D eigenvalue weighted by Gasteiger charge is 2.14. The lowest BCUT2D eigenvalue weighted by Crippen LogP contribution is -2.01. The first kappa shape index (κ1) is 11.3. The topological polar surface area (TPSA) is 46.0 Å². The van der Waals surface area contributed by atoms with Gasteiger partial charge in [-0.15, -0.1) is 11.3 Å². The second kappa shape index (κ2) is 4.48. The molecule has 2 heterocycles. The number of aliphatic hydroxyl groups is 1. The second-order valence-corrected chi connectivity index (χ2v) is 5.45. The number of benzene rings is 1. The van der Waals surface area contributed by atoms with Crippen molar-refractivity contribution in [3.05, 3.63) is 58.0 Å². The van der Waals surface area contributed by atoms with Crippen LogP contribution in [0.15, 0.2) is 42.6 Å². The van der Waals surface area contributed by atoms with Crippen molar-refractivity contribution in [3.63, 3.8) is 0 Å². The number of nitrogens with zero attached hydrogens (tertiary/aromatic N) is 2. The molecule has 2 aromatic heterocycles. The highest BCUT2D eigenvalue weighted by molar-refractivity contribution is 7.12. The largest absolute Gasteiger partial charge is 0.381 e. The van der Waals surface area contributed by atoms with E-state index in [9.17, 15) is 5.11 Å². The number of thiophene rings is 1. The molecule has 18 heavy (non-hydrogen) atoms. The number of aryl methyl sites for hydroxylation is 1. The average Bonchev–Trinajstić information content (AvgIpc) is 2.84. The fourth-order valence-corrected chi connectivity index (χ4v) is 2.73. The van der Waals surface area contributed by atoms with Crippen LogP contribution in [0.25, 0.3) is 11.0 Å². The Labute approximate surface area is 109 Å². The van der Waals surface area contributed by atoms with Crippen molar-refractivity contribution >= 4 is 22.4 Å². The van der Waals surface area contributed by atoms with Gasteiger partial charge in [-0.05, 0) is 31.2 Å². The van der Waals surface area contributed by atoms with Crippen LogP contribution in [0.2, 0.25) is 0 Å². The zero-order valence-electron chi connectivity index (χ0n) is 9.87. The molecule has 3 nitrogen and oxygen atoms in total. The molecule has 4 heteroatoms. The molecule has 0 aliphatic rings. The van der Waals surface area contributed by atoms with Crippen LogP contribution in [-0.2, 0) is 0 Å². The first-order valence-electron chi connectivity index (χ1n) is 5.70. The van der Waals surface area contributed by atoms with Crippen LogP contribution >= 0.6 is 11.3 Å². The number of hydrogen-bond acceptors (Lipinski definition) is 4. The van der Waals surface area contributed by atoms with E-state index in [2.05, 4.69) is 9.97 Å². The van der Waals surface area contributed by atoms with Gasteiger partial charge in [0.1, 0.15) is 6.10 Å². The SMILES string of the molecule is Cc1ccc(C(O)c2cnc3ccccc3n2)s1. The third kappa shape index (κ3) is 2.00. The van der Waals surface area contributed by atoms with Crippen molar-refractivity contribution in [1.82, 2.24) is 9.97 Å². The molecule has 0 radical (unpaired) electrons. The van der Waals surface area contributed by atoms with E-state index in [1.807, 2.05) is 43.3 Å². The Morgan fingerprint density at radius 3 is 2.61 bits per heavy atom. The van der Waals surface area contributed by atoms with E-state index in [-0.39, 0.29) is 0 Å². The predicted octanol–water partition coefficient (Wildman–Crippen LogP) is 3.08. The normalized spacial score (nSPS) is 12.8. The Balaban J connectivity index is 2.03. The molecule has 3 rings (SSSR count). The fraction of sp³-hybridized carbons (Fsp3) is 0.143. The third-order valence-corrected chi connectivity index (χ3v) is 3.83. The van der Waals surface area contributed by atoms with Gasteiger partial charge in [0, 0.05) is 9.75 Å². The fourth-order valence-electron chi connectivity index (χ4n) is 1.85. The van der Waals surface area contributed by atoms with Crippen LogP contribution in [0.3, 0.4) is 0 Å². The van der Waals surface area contributed by atoms with Gasteiger partial charge < -0.3 is 5.11 Å². The first-order chi connectivity index (χ1) is 8.74. The number of fused-ring (bicyclic) bond motifs is 1. The molecule has 0 saturated carbocycles. The summed E-state index contributed by atoms with van der Waals surface area (Å²) in [5, 5.41) is 10.3. The van der Waals surface area contributed by atoms with Crippen molar-refractivity contribution in [2.45, 2.75) is 13.0 Å². The van der Waals surface area contributed by atoms with Crippen molar-refractivity contribution < 1.29 is 5.11 Å². The van der Waals surface area contributed by atoms with E-state index in [0.29, 0.717) is 5.69 Å². The van der Waals surface area contributed by atoms with Crippen molar-refractivity contribution in [3.8, 4) is 0 Å². The molecule has 1 unspecified atom stereocenters. The lowest BCUT2D eigenvalue weighted by Gasteiger charge is -2.08. The maximum atomic E-state index is 10.3. The lowest BCUT2D eigenvalue weighted by atomic mass is 10.2. The molecule has 0 saturated heterocycles.